The zero-order valence-electron chi connectivity index (χ0n) is 20.0. The zero-order chi connectivity index (χ0) is 27.6. The summed E-state index contributed by atoms with van der Waals surface area (Å²) < 4.78 is 54.1. The minimum Gasteiger partial charge on any atom is -0.398 e. The van der Waals surface area contributed by atoms with Crippen LogP contribution in [-0.4, -0.2) is 58.6 Å². The van der Waals surface area contributed by atoms with Crippen LogP contribution in [0.2, 0.25) is 5.02 Å². The molecule has 38 heavy (non-hydrogen) atoms. The Balaban J connectivity index is 1.63. The van der Waals surface area contributed by atoms with Gasteiger partial charge in [0.15, 0.2) is 0 Å². The van der Waals surface area contributed by atoms with Gasteiger partial charge in [-0.3, -0.25) is 9.59 Å². The minimum atomic E-state index is -4.56. The number of nitrogens with zero attached hydrogens (tertiary/aromatic N) is 5. The molecule has 0 spiro atoms. The lowest BCUT2D eigenvalue weighted by Crippen LogP contribution is -2.49. The van der Waals surface area contributed by atoms with Crippen molar-refractivity contribution in [3.63, 3.8) is 0 Å². The molecule has 200 valence electrons. The van der Waals surface area contributed by atoms with Gasteiger partial charge in [0, 0.05) is 57.0 Å². The fourth-order valence-corrected chi connectivity index (χ4v) is 4.34. The van der Waals surface area contributed by atoms with Gasteiger partial charge in [-0.25, -0.2) is 19.3 Å². The van der Waals surface area contributed by atoms with Crippen LogP contribution in [0.15, 0.2) is 60.0 Å². The zero-order valence-corrected chi connectivity index (χ0v) is 20.8. The van der Waals surface area contributed by atoms with Crippen molar-refractivity contribution in [3.8, 4) is 0 Å². The fourth-order valence-electron chi connectivity index (χ4n) is 4.16. The number of aliphatic imine (C=N–C) groups is 1. The van der Waals surface area contributed by atoms with Crippen LogP contribution in [0, 0.1) is 5.82 Å². The van der Waals surface area contributed by atoms with Gasteiger partial charge in [-0.1, -0.05) is 18.2 Å². The summed E-state index contributed by atoms with van der Waals surface area (Å²) >= 11 is 5.88. The highest BCUT2D eigenvalue weighted by Crippen LogP contribution is 2.35. The Morgan fingerprint density at radius 2 is 1.76 bits per heavy atom. The van der Waals surface area contributed by atoms with Gasteiger partial charge in [0.25, 0.3) is 0 Å². The molecule has 3 heterocycles. The molecule has 0 bridgehead atoms. The highest BCUT2D eigenvalue weighted by atomic mass is 35.5. The number of pyridine rings is 1. The number of rotatable bonds is 5. The van der Waals surface area contributed by atoms with Crippen LogP contribution in [0.1, 0.15) is 24.0 Å². The van der Waals surface area contributed by atoms with E-state index in [1.54, 1.807) is 4.90 Å². The predicted octanol–water partition coefficient (Wildman–Crippen LogP) is 4.03. The molecule has 2 aliphatic heterocycles. The summed E-state index contributed by atoms with van der Waals surface area (Å²) in [6.45, 7) is 4.54. The summed E-state index contributed by atoms with van der Waals surface area (Å²) in [6, 6.07) is 6.12. The highest BCUT2D eigenvalue weighted by molar-refractivity contribution is 6.30. The van der Waals surface area contributed by atoms with Gasteiger partial charge < -0.3 is 15.5 Å². The van der Waals surface area contributed by atoms with Gasteiger partial charge in [0.2, 0.25) is 11.8 Å². The number of imide groups is 1. The third kappa shape index (κ3) is 5.80. The first kappa shape index (κ1) is 27.1. The molecule has 2 aliphatic rings. The van der Waals surface area contributed by atoms with Crippen molar-refractivity contribution >= 4 is 40.8 Å². The smallest absolute Gasteiger partial charge is 0.398 e. The van der Waals surface area contributed by atoms with E-state index in [1.807, 2.05) is 0 Å². The number of nitrogens with two attached hydrogens (primary N) is 1. The van der Waals surface area contributed by atoms with Gasteiger partial charge in [-0.05, 0) is 35.9 Å². The average Bonchev–Trinajstić information content (AvgIpc) is 3.22. The van der Waals surface area contributed by atoms with Gasteiger partial charge in [-0.15, -0.1) is 0 Å². The first-order chi connectivity index (χ1) is 18.0. The van der Waals surface area contributed by atoms with Crippen LogP contribution in [0.5, 0.6) is 0 Å². The first-order valence-electron chi connectivity index (χ1n) is 11.5. The van der Waals surface area contributed by atoms with E-state index in [0.29, 0.717) is 5.56 Å². The molecule has 2 amide bonds. The summed E-state index contributed by atoms with van der Waals surface area (Å²) in [5.41, 5.74) is 5.96. The summed E-state index contributed by atoms with van der Waals surface area (Å²) in [6.07, 6.45) is -1.72. The van der Waals surface area contributed by atoms with E-state index >= 15 is 0 Å². The minimum absolute atomic E-state index is 0.0407. The number of amides is 2. The number of hydrogen-bond acceptors (Lipinski definition) is 6. The summed E-state index contributed by atoms with van der Waals surface area (Å²) in [5.74, 6) is -1.57. The number of alkyl halides is 3. The van der Waals surface area contributed by atoms with Crippen LogP contribution in [0.4, 0.5) is 23.4 Å². The number of anilines is 1. The summed E-state index contributed by atoms with van der Waals surface area (Å²) in [5, 5.41) is -0.139. The number of hydrogen-bond donors (Lipinski definition) is 1. The van der Waals surface area contributed by atoms with Crippen LogP contribution in [0.3, 0.4) is 0 Å². The molecule has 1 aromatic carbocycles. The van der Waals surface area contributed by atoms with Crippen molar-refractivity contribution in [2.75, 3.05) is 31.1 Å². The van der Waals surface area contributed by atoms with E-state index in [2.05, 4.69) is 16.6 Å². The Labute approximate surface area is 220 Å². The predicted molar refractivity (Wildman–Crippen MR) is 134 cm³/mol. The molecule has 0 radical (unpaired) electrons. The van der Waals surface area contributed by atoms with E-state index in [1.165, 1.54) is 35.4 Å². The lowest BCUT2D eigenvalue weighted by Gasteiger charge is -2.37. The Hall–Kier alpha value is -3.93. The number of carbonyl (C=O) groups excluding carboxylic acids is 2. The first-order valence-corrected chi connectivity index (χ1v) is 11.9. The van der Waals surface area contributed by atoms with Crippen molar-refractivity contribution in [2.24, 2.45) is 10.7 Å². The molecule has 0 aliphatic carbocycles. The van der Waals surface area contributed by atoms with Gasteiger partial charge in [-0.2, -0.15) is 13.2 Å². The van der Waals surface area contributed by atoms with E-state index < -0.39 is 29.4 Å². The molecule has 0 atom stereocenters. The second kappa shape index (κ2) is 10.8. The molecule has 2 N–H and O–H groups in total. The standard InChI is InChI=1S/C25H23ClF4N6O2/c1-15(36-22(37)6-7-23(36)38)33-21(14-20(31)16-4-5-19(27)18(26)13-16)34-9-11-35(12-10-34)24-17(25(28,29)30)3-2-8-32-24/h2-5,8,13-14H,1,6-7,9-12,31H2/b20-14-,33-21?. The molecule has 2 fully saturated rings. The van der Waals surface area contributed by atoms with E-state index in [-0.39, 0.29) is 67.2 Å². The molecule has 1 aromatic heterocycles. The number of likely N-dealkylation sites (tertiary alicyclic amines) is 1. The van der Waals surface area contributed by atoms with E-state index in [4.69, 9.17) is 17.3 Å². The molecule has 4 rings (SSSR count). The number of benzene rings is 1. The quantitative estimate of drug-likeness (QED) is 0.261. The monoisotopic (exact) mass is 550 g/mol. The maximum absolute atomic E-state index is 13.6. The normalized spacial score (nSPS) is 17.4. The van der Waals surface area contributed by atoms with Crippen LogP contribution < -0.4 is 10.6 Å². The molecule has 0 unspecified atom stereocenters. The largest absolute Gasteiger partial charge is 0.419 e. The maximum atomic E-state index is 13.6. The third-order valence-electron chi connectivity index (χ3n) is 6.09. The van der Waals surface area contributed by atoms with Crippen molar-refractivity contribution in [3.05, 3.63) is 77.0 Å². The topological polar surface area (TPSA) is 95.1 Å². The van der Waals surface area contributed by atoms with Crippen LogP contribution in [0.25, 0.3) is 5.70 Å². The maximum Gasteiger partial charge on any atom is 0.419 e. The van der Waals surface area contributed by atoms with Gasteiger partial charge >= 0.3 is 6.18 Å². The summed E-state index contributed by atoms with van der Waals surface area (Å²) in [4.78, 5) is 36.8. The van der Waals surface area contributed by atoms with Crippen molar-refractivity contribution in [2.45, 2.75) is 19.0 Å². The average molecular weight is 551 g/mol. The number of aromatic nitrogens is 1. The lowest BCUT2D eigenvalue weighted by molar-refractivity contribution is -0.138. The Kier molecular flexibility index (Phi) is 7.72. The Bertz CT molecular complexity index is 1320. The molecule has 0 saturated carbocycles. The number of halogens is 5. The molecular formula is C25H23ClF4N6O2. The summed E-state index contributed by atoms with van der Waals surface area (Å²) in [7, 11) is 0. The van der Waals surface area contributed by atoms with Crippen LogP contribution >= 0.6 is 11.6 Å². The lowest BCUT2D eigenvalue weighted by atomic mass is 10.1. The number of carbonyl (C=O) groups is 2. The second-order valence-electron chi connectivity index (χ2n) is 8.58. The van der Waals surface area contributed by atoms with Crippen molar-refractivity contribution in [1.29, 1.82) is 0 Å². The highest BCUT2D eigenvalue weighted by Gasteiger charge is 2.36. The van der Waals surface area contributed by atoms with Crippen molar-refractivity contribution < 1.29 is 27.2 Å². The SMILES string of the molecule is C=C(N=C(/C=C(\N)c1ccc(F)c(Cl)c1)N1CCN(c2ncccc2C(F)(F)F)CC1)N1C(=O)CCC1=O. The fraction of sp³-hybridized carbons (Fsp3) is 0.280. The Morgan fingerprint density at radius 3 is 2.37 bits per heavy atom. The van der Waals surface area contributed by atoms with Gasteiger partial charge in [0.05, 0.1) is 10.6 Å². The molecule has 2 aromatic rings. The number of piperazine rings is 1. The third-order valence-corrected chi connectivity index (χ3v) is 6.38. The van der Waals surface area contributed by atoms with E-state index in [0.717, 1.165) is 17.0 Å². The van der Waals surface area contributed by atoms with E-state index in [9.17, 15) is 27.2 Å². The molecule has 13 heteroatoms. The Morgan fingerprint density at radius 1 is 1.11 bits per heavy atom. The van der Waals surface area contributed by atoms with Crippen molar-refractivity contribution in [1.82, 2.24) is 14.8 Å². The number of amidine groups is 1. The van der Waals surface area contributed by atoms with Gasteiger partial charge in [0.1, 0.15) is 23.3 Å². The molecule has 2 saturated heterocycles. The molecule has 8 nitrogen and oxygen atoms in total. The molecular weight excluding hydrogens is 528 g/mol. The van der Waals surface area contributed by atoms with Crippen LogP contribution in [-0.2, 0) is 15.8 Å². The second-order valence-corrected chi connectivity index (χ2v) is 8.99.